The third kappa shape index (κ3) is 4.33. The summed E-state index contributed by atoms with van der Waals surface area (Å²) in [5, 5.41) is 11.2. The van der Waals surface area contributed by atoms with E-state index >= 15 is 0 Å². The third-order valence-electron chi connectivity index (χ3n) is 4.43. The van der Waals surface area contributed by atoms with Crippen LogP contribution in [0, 0.1) is 5.82 Å². The van der Waals surface area contributed by atoms with E-state index in [-0.39, 0.29) is 17.3 Å². The van der Waals surface area contributed by atoms with E-state index in [1.807, 2.05) is 24.3 Å². The SMILES string of the molecule is COc1ccc(Nc2ncccc2C(=O)c2cn(Cc3ccc(F)cc3)nn2)cc1. The molecule has 150 valence electrons. The highest BCUT2D eigenvalue weighted by Gasteiger charge is 2.18. The summed E-state index contributed by atoms with van der Waals surface area (Å²) in [7, 11) is 1.60. The molecule has 0 saturated heterocycles. The van der Waals surface area contributed by atoms with Gasteiger partial charge in [-0.3, -0.25) is 4.79 Å². The van der Waals surface area contributed by atoms with Crippen molar-refractivity contribution in [1.82, 2.24) is 20.0 Å². The lowest BCUT2D eigenvalue weighted by atomic mass is 10.1. The zero-order valence-corrected chi connectivity index (χ0v) is 16.1. The van der Waals surface area contributed by atoms with Crippen LogP contribution >= 0.6 is 0 Å². The Labute approximate surface area is 172 Å². The average molecular weight is 403 g/mol. The molecule has 0 atom stereocenters. The van der Waals surface area contributed by atoms with Gasteiger partial charge in [0.15, 0.2) is 5.69 Å². The zero-order chi connectivity index (χ0) is 20.9. The lowest BCUT2D eigenvalue weighted by Gasteiger charge is -2.10. The van der Waals surface area contributed by atoms with Crippen molar-refractivity contribution in [1.29, 1.82) is 0 Å². The van der Waals surface area contributed by atoms with Crippen LogP contribution < -0.4 is 10.1 Å². The van der Waals surface area contributed by atoms with Crippen molar-refractivity contribution in [3.05, 3.63) is 95.7 Å². The highest BCUT2D eigenvalue weighted by atomic mass is 19.1. The molecule has 4 rings (SSSR count). The average Bonchev–Trinajstić information content (AvgIpc) is 3.24. The number of halogens is 1. The van der Waals surface area contributed by atoms with Crippen LogP contribution in [0.4, 0.5) is 15.9 Å². The van der Waals surface area contributed by atoms with Gasteiger partial charge in [0.1, 0.15) is 17.4 Å². The van der Waals surface area contributed by atoms with E-state index in [1.54, 1.807) is 43.8 Å². The first kappa shape index (κ1) is 19.3. The molecule has 2 aromatic carbocycles. The Morgan fingerprint density at radius 1 is 1.10 bits per heavy atom. The maximum atomic E-state index is 13.1. The molecule has 0 aliphatic carbocycles. The minimum atomic E-state index is -0.304. The smallest absolute Gasteiger partial charge is 0.218 e. The van der Waals surface area contributed by atoms with Gasteiger partial charge < -0.3 is 10.1 Å². The topological polar surface area (TPSA) is 81.9 Å². The highest BCUT2D eigenvalue weighted by Crippen LogP contribution is 2.22. The Kier molecular flexibility index (Phi) is 5.47. The number of hydrogen-bond donors (Lipinski definition) is 1. The largest absolute Gasteiger partial charge is 0.497 e. The summed E-state index contributed by atoms with van der Waals surface area (Å²) < 4.78 is 19.7. The number of hydrogen-bond acceptors (Lipinski definition) is 6. The second kappa shape index (κ2) is 8.52. The molecule has 2 heterocycles. The Morgan fingerprint density at radius 2 is 1.87 bits per heavy atom. The molecule has 0 saturated carbocycles. The normalized spacial score (nSPS) is 10.6. The van der Waals surface area contributed by atoms with E-state index in [4.69, 9.17) is 4.74 Å². The minimum Gasteiger partial charge on any atom is -0.497 e. The number of pyridine rings is 1. The molecule has 8 heteroatoms. The molecular weight excluding hydrogens is 385 g/mol. The Morgan fingerprint density at radius 3 is 2.60 bits per heavy atom. The Balaban J connectivity index is 1.53. The molecule has 0 spiro atoms. The molecule has 30 heavy (non-hydrogen) atoms. The van der Waals surface area contributed by atoms with Gasteiger partial charge in [0.25, 0.3) is 0 Å². The van der Waals surface area contributed by atoms with E-state index in [9.17, 15) is 9.18 Å². The van der Waals surface area contributed by atoms with Gasteiger partial charge in [0.05, 0.1) is 25.4 Å². The number of nitrogens with one attached hydrogen (secondary N) is 1. The molecule has 1 N–H and O–H groups in total. The lowest BCUT2D eigenvalue weighted by molar-refractivity contribution is 0.103. The Bertz CT molecular complexity index is 1160. The van der Waals surface area contributed by atoms with E-state index < -0.39 is 0 Å². The molecule has 4 aromatic rings. The van der Waals surface area contributed by atoms with E-state index in [2.05, 4.69) is 20.6 Å². The molecule has 7 nitrogen and oxygen atoms in total. The van der Waals surface area contributed by atoms with Crippen molar-refractivity contribution >= 4 is 17.3 Å². The molecule has 2 aromatic heterocycles. The maximum Gasteiger partial charge on any atom is 0.218 e. The maximum absolute atomic E-state index is 13.1. The number of benzene rings is 2. The summed E-state index contributed by atoms with van der Waals surface area (Å²) in [6.07, 6.45) is 3.17. The van der Waals surface area contributed by atoms with Crippen molar-refractivity contribution < 1.29 is 13.9 Å². The van der Waals surface area contributed by atoms with Gasteiger partial charge in [0, 0.05) is 11.9 Å². The quantitative estimate of drug-likeness (QED) is 0.472. The van der Waals surface area contributed by atoms with E-state index in [0.29, 0.717) is 17.9 Å². The van der Waals surface area contributed by atoms with Gasteiger partial charge in [0.2, 0.25) is 5.78 Å². The lowest BCUT2D eigenvalue weighted by Crippen LogP contribution is -2.07. The number of nitrogens with zero attached hydrogens (tertiary/aromatic N) is 4. The number of carbonyl (C=O) groups excluding carboxylic acids is 1. The van der Waals surface area contributed by atoms with Gasteiger partial charge in [-0.05, 0) is 54.1 Å². The molecule has 0 radical (unpaired) electrons. The first-order valence-corrected chi connectivity index (χ1v) is 9.18. The van der Waals surface area contributed by atoms with Crippen molar-refractivity contribution in [2.75, 3.05) is 12.4 Å². The fraction of sp³-hybridized carbons (Fsp3) is 0.0909. The van der Waals surface area contributed by atoms with Crippen molar-refractivity contribution in [3.63, 3.8) is 0 Å². The number of rotatable bonds is 7. The summed E-state index contributed by atoms with van der Waals surface area (Å²) in [4.78, 5) is 17.3. The summed E-state index contributed by atoms with van der Waals surface area (Å²) >= 11 is 0. The standard InChI is InChI=1S/C22H18FN5O2/c1-30-18-10-8-17(9-11-18)25-22-19(3-2-12-24-22)21(29)20-14-28(27-26-20)13-15-4-6-16(23)7-5-15/h2-12,14H,13H2,1H3,(H,24,25). The molecule has 0 unspecified atom stereocenters. The zero-order valence-electron chi connectivity index (χ0n) is 16.1. The second-order valence-corrected chi connectivity index (χ2v) is 6.51. The number of anilines is 2. The molecule has 0 fully saturated rings. The predicted octanol–water partition coefficient (Wildman–Crippen LogP) is 3.84. The summed E-state index contributed by atoms with van der Waals surface area (Å²) in [6.45, 7) is 0.380. The van der Waals surface area contributed by atoms with Crippen LogP contribution in [0.15, 0.2) is 73.1 Å². The van der Waals surface area contributed by atoms with Crippen LogP contribution in [-0.4, -0.2) is 32.9 Å². The predicted molar refractivity (Wildman–Crippen MR) is 109 cm³/mol. The number of carbonyl (C=O) groups is 1. The van der Waals surface area contributed by atoms with Crippen LogP contribution in [0.1, 0.15) is 21.6 Å². The third-order valence-corrected chi connectivity index (χ3v) is 4.43. The van der Waals surface area contributed by atoms with Gasteiger partial charge >= 0.3 is 0 Å². The fourth-order valence-corrected chi connectivity index (χ4v) is 2.89. The monoisotopic (exact) mass is 403 g/mol. The van der Waals surface area contributed by atoms with Crippen LogP contribution in [0.2, 0.25) is 0 Å². The van der Waals surface area contributed by atoms with Gasteiger partial charge in [-0.2, -0.15) is 0 Å². The fourth-order valence-electron chi connectivity index (χ4n) is 2.89. The first-order chi connectivity index (χ1) is 14.6. The Hall–Kier alpha value is -4.07. The van der Waals surface area contributed by atoms with Crippen LogP contribution in [0.3, 0.4) is 0 Å². The van der Waals surface area contributed by atoms with Crippen molar-refractivity contribution in [3.8, 4) is 5.75 Å². The van der Waals surface area contributed by atoms with Crippen molar-refractivity contribution in [2.24, 2.45) is 0 Å². The molecular formula is C22H18FN5O2. The number of methoxy groups -OCH3 is 1. The molecule has 0 aliphatic heterocycles. The highest BCUT2D eigenvalue weighted by molar-refractivity contribution is 6.10. The van der Waals surface area contributed by atoms with E-state index in [0.717, 1.165) is 17.0 Å². The van der Waals surface area contributed by atoms with Gasteiger partial charge in [-0.25, -0.2) is 14.1 Å². The summed E-state index contributed by atoms with van der Waals surface area (Å²) in [5.74, 6) is 0.544. The van der Waals surface area contributed by atoms with Gasteiger partial charge in [-0.15, -0.1) is 5.10 Å². The number of ketones is 1. The van der Waals surface area contributed by atoms with Gasteiger partial charge in [-0.1, -0.05) is 17.3 Å². The number of aromatic nitrogens is 4. The van der Waals surface area contributed by atoms with Crippen molar-refractivity contribution in [2.45, 2.75) is 6.54 Å². The van der Waals surface area contributed by atoms with E-state index in [1.165, 1.54) is 16.8 Å². The van der Waals surface area contributed by atoms with Crippen LogP contribution in [0.25, 0.3) is 0 Å². The van der Waals surface area contributed by atoms with Crippen LogP contribution in [-0.2, 0) is 6.54 Å². The summed E-state index contributed by atoms with van der Waals surface area (Å²) in [5.41, 5.74) is 2.19. The number of ether oxygens (including phenoxy) is 1. The molecule has 0 bridgehead atoms. The minimum absolute atomic E-state index is 0.197. The second-order valence-electron chi connectivity index (χ2n) is 6.51. The molecule has 0 amide bonds. The van der Waals surface area contributed by atoms with Crippen LogP contribution in [0.5, 0.6) is 5.75 Å². The molecule has 0 aliphatic rings. The summed E-state index contributed by atoms with van der Waals surface area (Å²) in [6, 6.07) is 16.8. The first-order valence-electron chi connectivity index (χ1n) is 9.18.